The minimum atomic E-state index is -1.10. The van der Waals surface area contributed by atoms with Crippen LogP contribution in [-0.2, 0) is 57.9 Å². The number of benzene rings is 3. The summed E-state index contributed by atoms with van der Waals surface area (Å²) in [5, 5.41) is 19.2. The molecule has 3 atom stereocenters. The number of pyridine rings is 1. The second-order valence-electron chi connectivity index (χ2n) is 21.5. The zero-order chi connectivity index (χ0) is 62.8. The number of nitrogens with one attached hydrogen (secondary N) is 7. The third kappa shape index (κ3) is 21.4. The molecule has 87 heavy (non-hydrogen) atoms. The number of amidine groups is 1. The number of rotatable bonds is 32. The molecule has 3 heterocycles. The zero-order valence-electron chi connectivity index (χ0n) is 49.7. The molecular weight excluding hydrogens is 1110 g/mol. The molecule has 0 saturated heterocycles. The Labute approximate surface area is 506 Å². The lowest BCUT2D eigenvalue weighted by molar-refractivity contribution is -0.137. The normalized spacial score (nSPS) is 13.6. The van der Waals surface area contributed by atoms with Gasteiger partial charge in [-0.05, 0) is 110 Å². The molecule has 11 N–H and O–H groups in total. The number of nitrogens with zero attached hydrogens (tertiary/aromatic N) is 4. The number of imide groups is 1. The van der Waals surface area contributed by atoms with Gasteiger partial charge in [0.2, 0.25) is 29.5 Å². The van der Waals surface area contributed by atoms with Crippen molar-refractivity contribution in [1.29, 1.82) is 0 Å². The number of carbonyl (C=O) groups is 10. The highest BCUT2D eigenvalue weighted by molar-refractivity contribution is 6.13. The van der Waals surface area contributed by atoms with Gasteiger partial charge in [0.05, 0.1) is 17.6 Å². The molecule has 0 radical (unpaired) electrons. The molecular formula is C63H79N13O11. The number of carbonyl (C=O) groups excluding carboxylic acids is 10. The van der Waals surface area contributed by atoms with Crippen molar-refractivity contribution in [3.05, 3.63) is 137 Å². The number of nitrogens with two attached hydrogens (primary N) is 2. The first kappa shape index (κ1) is 66.4. The van der Waals surface area contributed by atoms with Crippen LogP contribution in [0.2, 0.25) is 0 Å². The van der Waals surface area contributed by atoms with E-state index in [2.05, 4.69) is 47.2 Å². The Morgan fingerprint density at radius 2 is 1.43 bits per heavy atom. The van der Waals surface area contributed by atoms with Crippen LogP contribution in [0.15, 0.2) is 114 Å². The van der Waals surface area contributed by atoms with Gasteiger partial charge >= 0.3 is 12.1 Å². The molecule has 0 aliphatic carbocycles. The van der Waals surface area contributed by atoms with E-state index in [1.165, 1.54) is 24.5 Å². The Kier molecular flexibility index (Phi) is 25.7. The number of anilines is 2. The van der Waals surface area contributed by atoms with Gasteiger partial charge in [-0.1, -0.05) is 82.6 Å². The second-order valence-corrected chi connectivity index (χ2v) is 21.5. The smallest absolute Gasteiger partial charge is 0.408 e. The largest absolute Gasteiger partial charge is 0.445 e. The fourth-order valence-corrected chi connectivity index (χ4v) is 9.58. The molecule has 11 amide bonds. The van der Waals surface area contributed by atoms with E-state index < -0.39 is 53.9 Å². The number of aryl methyl sites for hydroxylation is 1. The van der Waals surface area contributed by atoms with Crippen molar-refractivity contribution < 1.29 is 52.7 Å². The standard InChI is InChI=1S/C63H79N13O11/c1-5-29-75(30-6-2)61(84)46-33-44-21-22-45(34-51(44)71-52(64)35-46)57(80)70-48-32-43(36-66-38-48)37-68-58(81)50(25-20-41-14-9-7-10-15-41)73-63(86)87-39-42-18-23-47(24-19-42)69-59(82)49(16-13-28-67-62(65)85)72-60(83)56(40(3)4)74-53(77)17-11-8-12-31-76-54(78)26-27-55(76)79/h7,9-10,14-15,18-19,21-24,26-27,32-34,36,38,40,49-50,56H,5-6,8,11-13,16-17,20,25,28-31,35,37,39H2,1-4H3,(H2,64,71)(H,68,81)(H,69,82)(H,70,80)(H,72,83)(H,73,86)(H,74,77)(H3,65,67,85)/t49-,50-,56-/m0/s1. The molecule has 2 aliphatic heterocycles. The van der Waals surface area contributed by atoms with E-state index >= 15 is 0 Å². The summed E-state index contributed by atoms with van der Waals surface area (Å²) in [5.74, 6) is -3.45. The predicted molar refractivity (Wildman–Crippen MR) is 328 cm³/mol. The number of primary amides is 1. The summed E-state index contributed by atoms with van der Waals surface area (Å²) in [6.45, 7) is 8.95. The number of unbranched alkanes of at least 4 members (excludes halogenated alkanes) is 2. The monoisotopic (exact) mass is 1190 g/mol. The summed E-state index contributed by atoms with van der Waals surface area (Å²) in [6, 6.07) is 18.6. The third-order valence-corrected chi connectivity index (χ3v) is 14.1. The van der Waals surface area contributed by atoms with Gasteiger partial charge in [0.25, 0.3) is 17.7 Å². The second kappa shape index (κ2) is 33.7. The fraction of sp³-hybridized carbons (Fsp3) is 0.397. The van der Waals surface area contributed by atoms with Crippen LogP contribution in [-0.4, -0.2) is 124 Å². The number of fused-ring (bicyclic) bond motifs is 1. The minimum Gasteiger partial charge on any atom is -0.445 e. The van der Waals surface area contributed by atoms with Gasteiger partial charge in [-0.15, -0.1) is 0 Å². The van der Waals surface area contributed by atoms with Crippen LogP contribution in [0.25, 0.3) is 6.08 Å². The highest BCUT2D eigenvalue weighted by Gasteiger charge is 2.30. The number of urea groups is 1. The Morgan fingerprint density at radius 1 is 0.713 bits per heavy atom. The summed E-state index contributed by atoms with van der Waals surface area (Å²) in [5.41, 5.74) is 16.2. The number of alkyl carbamates (subject to hydrolysis) is 1. The van der Waals surface area contributed by atoms with Gasteiger partial charge in [-0.2, -0.15) is 0 Å². The highest BCUT2D eigenvalue weighted by atomic mass is 16.5. The number of ether oxygens (including phenoxy) is 1. The van der Waals surface area contributed by atoms with Gasteiger partial charge in [0.1, 0.15) is 30.6 Å². The van der Waals surface area contributed by atoms with Crippen molar-refractivity contribution in [2.75, 3.05) is 36.8 Å². The van der Waals surface area contributed by atoms with Crippen LogP contribution in [0, 0.1) is 5.92 Å². The maximum Gasteiger partial charge on any atom is 0.408 e. The molecule has 0 unspecified atom stereocenters. The predicted octanol–water partition coefficient (Wildman–Crippen LogP) is 5.80. The first-order chi connectivity index (χ1) is 41.8. The molecule has 24 nitrogen and oxygen atoms in total. The molecule has 0 bridgehead atoms. The maximum absolute atomic E-state index is 13.8. The van der Waals surface area contributed by atoms with Gasteiger partial charge in [0.15, 0.2) is 0 Å². The minimum absolute atomic E-state index is 0.00117. The third-order valence-electron chi connectivity index (χ3n) is 14.1. The van der Waals surface area contributed by atoms with Crippen molar-refractivity contribution in [2.24, 2.45) is 22.4 Å². The number of aliphatic imine (C=N–C) groups is 1. The van der Waals surface area contributed by atoms with E-state index in [-0.39, 0.29) is 93.7 Å². The van der Waals surface area contributed by atoms with Crippen LogP contribution >= 0.6 is 0 Å². The summed E-state index contributed by atoms with van der Waals surface area (Å²) >= 11 is 0. The lowest BCUT2D eigenvalue weighted by atomic mass is 10.0. The van der Waals surface area contributed by atoms with E-state index in [1.54, 1.807) is 68.5 Å². The van der Waals surface area contributed by atoms with Crippen molar-refractivity contribution in [2.45, 2.75) is 130 Å². The average Bonchev–Trinajstić information content (AvgIpc) is 2.37. The van der Waals surface area contributed by atoms with Crippen molar-refractivity contribution >= 4 is 88.4 Å². The quantitative estimate of drug-likeness (QED) is 0.0206. The first-order valence-electron chi connectivity index (χ1n) is 29.3. The highest BCUT2D eigenvalue weighted by Crippen LogP contribution is 2.29. The molecule has 0 fully saturated rings. The molecule has 462 valence electrons. The van der Waals surface area contributed by atoms with Gasteiger partial charge in [-0.25, -0.2) is 14.6 Å². The van der Waals surface area contributed by atoms with Crippen LogP contribution in [0.3, 0.4) is 0 Å². The van der Waals surface area contributed by atoms with Gasteiger partial charge in [-0.3, -0.25) is 48.2 Å². The molecule has 0 spiro atoms. The van der Waals surface area contributed by atoms with Crippen molar-refractivity contribution in [1.82, 2.24) is 41.4 Å². The van der Waals surface area contributed by atoms with Crippen LogP contribution < -0.4 is 48.7 Å². The Balaban J connectivity index is 1.01. The summed E-state index contributed by atoms with van der Waals surface area (Å²) in [7, 11) is 0. The summed E-state index contributed by atoms with van der Waals surface area (Å²) in [6.07, 6.45) is 10.8. The Bertz CT molecular complexity index is 3180. The summed E-state index contributed by atoms with van der Waals surface area (Å²) < 4.78 is 5.55. The maximum atomic E-state index is 13.8. The average molecular weight is 1190 g/mol. The molecule has 1 aromatic heterocycles. The summed E-state index contributed by atoms with van der Waals surface area (Å²) in [4.78, 5) is 141. The van der Waals surface area contributed by atoms with Gasteiger partial charge < -0.3 is 58.3 Å². The van der Waals surface area contributed by atoms with Crippen LogP contribution in [0.5, 0.6) is 0 Å². The Hall–Kier alpha value is -9.74. The number of aromatic nitrogens is 1. The number of amides is 11. The van der Waals surface area contributed by atoms with Gasteiger partial charge in [0, 0.05) is 86.3 Å². The molecule has 0 saturated carbocycles. The lowest BCUT2D eigenvalue weighted by Gasteiger charge is -2.25. The van der Waals surface area contributed by atoms with E-state index in [1.807, 2.05) is 49.1 Å². The van der Waals surface area contributed by atoms with Crippen LogP contribution in [0.1, 0.15) is 125 Å². The first-order valence-corrected chi connectivity index (χ1v) is 29.3. The molecule has 24 heteroatoms. The molecule has 2 aliphatic rings. The van der Waals surface area contributed by atoms with E-state index in [9.17, 15) is 47.9 Å². The SMILES string of the molecule is CCCN(CCC)C(=O)C1=Cc2ccc(C(=O)Nc3cncc(CNC(=O)[C@H](CCc4ccccc4)NC(=O)OCc4ccc(NC(=O)[C@H](CCCNC(N)=O)NC(=O)[C@@H](NC(=O)CCCCCN5C(=O)C=CC5=O)C(C)C)cc4)c3)cc2N=C(N)C1. The molecule has 4 aromatic rings. The topological polar surface area (TPSA) is 348 Å². The Morgan fingerprint density at radius 3 is 2.11 bits per heavy atom. The lowest BCUT2D eigenvalue weighted by Crippen LogP contribution is -2.54. The number of hydrogen-bond donors (Lipinski definition) is 9. The van der Waals surface area contributed by atoms with E-state index in [0.29, 0.717) is 83.7 Å². The number of hydrogen-bond acceptors (Lipinski definition) is 14. The fourth-order valence-electron chi connectivity index (χ4n) is 9.58. The molecule has 3 aromatic carbocycles. The van der Waals surface area contributed by atoms with Crippen molar-refractivity contribution in [3.8, 4) is 0 Å². The van der Waals surface area contributed by atoms with Crippen molar-refractivity contribution in [3.63, 3.8) is 0 Å². The zero-order valence-corrected chi connectivity index (χ0v) is 49.7. The molecule has 6 rings (SSSR count). The van der Waals surface area contributed by atoms with E-state index in [0.717, 1.165) is 23.3 Å². The van der Waals surface area contributed by atoms with E-state index in [4.69, 9.17) is 16.2 Å². The van der Waals surface area contributed by atoms with Crippen LogP contribution in [0.4, 0.5) is 26.7 Å².